The van der Waals surface area contributed by atoms with Gasteiger partial charge in [-0.3, -0.25) is 19.0 Å². The molecule has 0 saturated carbocycles. The van der Waals surface area contributed by atoms with Gasteiger partial charge in [0, 0.05) is 23.2 Å². The fourth-order valence-corrected chi connectivity index (χ4v) is 3.29. The van der Waals surface area contributed by atoms with Crippen LogP contribution in [-0.4, -0.2) is 39.1 Å². The maximum Gasteiger partial charge on any atom is 0.305 e. The molecule has 0 aliphatic heterocycles. The number of aromatic hydroxyl groups is 1. The summed E-state index contributed by atoms with van der Waals surface area (Å²) in [7, 11) is 0. The molecule has 0 radical (unpaired) electrons. The van der Waals surface area contributed by atoms with Gasteiger partial charge in [-0.25, -0.2) is 13.2 Å². The molecule has 3 rings (SSSR count). The van der Waals surface area contributed by atoms with Crippen LogP contribution in [-0.2, 0) is 16.0 Å². The average Bonchev–Trinajstić information content (AvgIpc) is 2.98. The van der Waals surface area contributed by atoms with Crippen molar-refractivity contribution in [3.05, 3.63) is 64.6 Å². The van der Waals surface area contributed by atoms with Gasteiger partial charge in [-0.1, -0.05) is 0 Å². The largest absolute Gasteiger partial charge is 0.505 e. The van der Waals surface area contributed by atoms with Gasteiger partial charge in [-0.05, 0) is 42.8 Å². The monoisotopic (exact) mass is 434 g/mol. The second kappa shape index (κ2) is 8.50. The topological polar surface area (TPSA) is 109 Å². The van der Waals surface area contributed by atoms with Crippen molar-refractivity contribution < 1.29 is 37.8 Å². The highest BCUT2D eigenvalue weighted by molar-refractivity contribution is 6.05. The van der Waals surface area contributed by atoms with Crippen molar-refractivity contribution in [3.63, 3.8) is 0 Å². The predicted octanol–water partition coefficient (Wildman–Crippen LogP) is 2.89. The molecule has 1 aromatic heterocycles. The van der Waals surface area contributed by atoms with E-state index in [0.29, 0.717) is 6.07 Å². The van der Waals surface area contributed by atoms with Crippen LogP contribution in [0.5, 0.6) is 5.75 Å². The summed E-state index contributed by atoms with van der Waals surface area (Å²) in [5, 5.41) is 20.6. The second-order valence-corrected chi connectivity index (χ2v) is 6.80. The van der Waals surface area contributed by atoms with Crippen LogP contribution in [0.25, 0.3) is 10.9 Å². The Bertz CT molecular complexity index is 1220. The Morgan fingerprint density at radius 3 is 2.42 bits per heavy atom. The molecule has 2 aromatic carbocycles. The molecule has 10 heteroatoms. The van der Waals surface area contributed by atoms with Crippen LogP contribution in [0.4, 0.5) is 13.2 Å². The molecule has 0 saturated heterocycles. The molecule has 1 heterocycles. The van der Waals surface area contributed by atoms with Crippen LogP contribution in [0.15, 0.2) is 30.3 Å². The van der Waals surface area contributed by atoms with Crippen molar-refractivity contribution in [2.45, 2.75) is 19.8 Å². The Morgan fingerprint density at radius 1 is 1.06 bits per heavy atom. The second-order valence-electron chi connectivity index (χ2n) is 6.80. The van der Waals surface area contributed by atoms with Crippen molar-refractivity contribution in [2.75, 3.05) is 6.54 Å². The quantitative estimate of drug-likeness (QED) is 0.553. The number of carboxylic acid groups (broad SMARTS) is 1. The van der Waals surface area contributed by atoms with Crippen LogP contribution in [0.3, 0.4) is 0 Å². The number of carbonyl (C=O) groups excluding carboxylic acids is 2. The number of phenolic OH excluding ortho intramolecular Hbond substituents is 1. The van der Waals surface area contributed by atoms with Crippen molar-refractivity contribution in [1.82, 2.24) is 9.88 Å². The number of carboxylic acids is 1. The number of rotatable bonds is 6. The molecule has 0 bridgehead atoms. The third kappa shape index (κ3) is 4.23. The molecular weight excluding hydrogens is 417 g/mol. The summed E-state index contributed by atoms with van der Waals surface area (Å²) in [4.78, 5) is 35.8. The molecule has 31 heavy (non-hydrogen) atoms. The van der Waals surface area contributed by atoms with Crippen molar-refractivity contribution in [2.24, 2.45) is 0 Å². The number of nitrogens with one attached hydrogen (secondary N) is 1. The van der Waals surface area contributed by atoms with Gasteiger partial charge in [0.25, 0.3) is 5.91 Å². The van der Waals surface area contributed by atoms with E-state index < -0.39 is 47.4 Å². The van der Waals surface area contributed by atoms with Gasteiger partial charge < -0.3 is 15.5 Å². The summed E-state index contributed by atoms with van der Waals surface area (Å²) in [5.41, 5.74) is 0.0653. The van der Waals surface area contributed by atoms with Gasteiger partial charge in [0.15, 0.2) is 23.2 Å². The zero-order chi connectivity index (χ0) is 22.9. The maximum absolute atomic E-state index is 14.7. The Morgan fingerprint density at radius 2 is 1.77 bits per heavy atom. The van der Waals surface area contributed by atoms with E-state index in [1.54, 1.807) is 0 Å². The Balaban J connectivity index is 2.09. The molecule has 1 amide bonds. The van der Waals surface area contributed by atoms with Crippen LogP contribution in [0.2, 0.25) is 0 Å². The third-order valence-electron chi connectivity index (χ3n) is 4.78. The van der Waals surface area contributed by atoms with Crippen molar-refractivity contribution in [1.29, 1.82) is 0 Å². The Kier molecular flexibility index (Phi) is 6.00. The number of phenols is 1. The van der Waals surface area contributed by atoms with E-state index in [2.05, 4.69) is 5.32 Å². The summed E-state index contributed by atoms with van der Waals surface area (Å²) < 4.78 is 42.7. The van der Waals surface area contributed by atoms with Gasteiger partial charge in [-0.2, -0.15) is 0 Å². The zero-order valence-electron chi connectivity index (χ0n) is 16.2. The van der Waals surface area contributed by atoms with E-state index in [4.69, 9.17) is 5.11 Å². The van der Waals surface area contributed by atoms with Crippen LogP contribution in [0, 0.1) is 24.4 Å². The molecule has 0 aliphatic carbocycles. The number of carbonyl (C=O) groups is 3. The first-order valence-corrected chi connectivity index (χ1v) is 9.11. The molecular formula is C21H17F3N2O5. The SMILES string of the molecule is Cc1c(CC(=O)NCCC(=O)O)c2c(F)c(O)ccc2n1C(=O)c1ccc(F)c(F)c1. The minimum atomic E-state index is -1.23. The van der Waals surface area contributed by atoms with Crippen molar-refractivity contribution in [3.8, 4) is 5.75 Å². The lowest BCUT2D eigenvalue weighted by Gasteiger charge is -2.08. The maximum atomic E-state index is 14.7. The molecule has 0 fully saturated rings. The Labute approximate surface area is 173 Å². The van der Waals surface area contributed by atoms with E-state index in [1.165, 1.54) is 13.0 Å². The van der Waals surface area contributed by atoms with Gasteiger partial charge in [0.2, 0.25) is 5.91 Å². The summed E-state index contributed by atoms with van der Waals surface area (Å²) in [6, 6.07) is 4.86. The molecule has 0 unspecified atom stereocenters. The molecule has 0 aliphatic rings. The highest BCUT2D eigenvalue weighted by Gasteiger charge is 2.25. The molecule has 0 atom stereocenters. The first-order chi connectivity index (χ1) is 14.6. The molecule has 0 spiro atoms. The molecule has 3 aromatic rings. The van der Waals surface area contributed by atoms with Gasteiger partial charge in [-0.15, -0.1) is 0 Å². The van der Waals surface area contributed by atoms with E-state index in [9.17, 15) is 32.7 Å². The lowest BCUT2D eigenvalue weighted by atomic mass is 10.1. The van der Waals surface area contributed by atoms with Crippen LogP contribution in [0.1, 0.15) is 28.0 Å². The van der Waals surface area contributed by atoms with Gasteiger partial charge in [0.1, 0.15) is 0 Å². The minimum absolute atomic E-state index is 0.0240. The van der Waals surface area contributed by atoms with Gasteiger partial charge >= 0.3 is 5.97 Å². The number of aliphatic carboxylic acids is 1. The lowest BCUT2D eigenvalue weighted by Crippen LogP contribution is -2.27. The molecule has 162 valence electrons. The fraction of sp³-hybridized carbons (Fsp3) is 0.190. The minimum Gasteiger partial charge on any atom is -0.505 e. The zero-order valence-corrected chi connectivity index (χ0v) is 16.2. The fourth-order valence-electron chi connectivity index (χ4n) is 3.29. The highest BCUT2D eigenvalue weighted by Crippen LogP contribution is 2.33. The highest BCUT2D eigenvalue weighted by atomic mass is 19.2. The number of hydrogen-bond acceptors (Lipinski definition) is 4. The average molecular weight is 434 g/mol. The summed E-state index contributed by atoms with van der Waals surface area (Å²) in [5.74, 6) is -6.64. The van der Waals surface area contributed by atoms with E-state index in [0.717, 1.165) is 22.8 Å². The van der Waals surface area contributed by atoms with E-state index in [-0.39, 0.29) is 40.7 Å². The van der Waals surface area contributed by atoms with Crippen LogP contribution < -0.4 is 5.32 Å². The smallest absolute Gasteiger partial charge is 0.305 e. The lowest BCUT2D eigenvalue weighted by molar-refractivity contribution is -0.136. The number of aromatic nitrogens is 1. The number of amides is 1. The van der Waals surface area contributed by atoms with Crippen molar-refractivity contribution >= 4 is 28.7 Å². The first kappa shape index (κ1) is 21.9. The van der Waals surface area contributed by atoms with E-state index in [1.807, 2.05) is 0 Å². The van der Waals surface area contributed by atoms with Crippen LogP contribution >= 0.6 is 0 Å². The number of benzene rings is 2. The standard InChI is InChI=1S/C21H17F3N2O5/c1-10-12(9-17(28)25-7-6-18(29)30)19-15(4-5-16(27)20(19)24)26(10)21(31)11-2-3-13(22)14(23)8-11/h2-5,8,27H,6-7,9H2,1H3,(H,25,28)(H,29,30). The van der Waals surface area contributed by atoms with Gasteiger partial charge in [0.05, 0.1) is 18.4 Å². The first-order valence-electron chi connectivity index (χ1n) is 9.11. The number of fused-ring (bicyclic) bond motifs is 1. The number of halogens is 3. The molecule has 7 nitrogen and oxygen atoms in total. The predicted molar refractivity (Wildman–Crippen MR) is 103 cm³/mol. The summed E-state index contributed by atoms with van der Waals surface area (Å²) in [6.07, 6.45) is -0.712. The number of nitrogens with zero attached hydrogens (tertiary/aromatic N) is 1. The molecule has 3 N–H and O–H groups in total. The normalized spacial score (nSPS) is 11.0. The Hall–Kier alpha value is -3.82. The third-order valence-corrected chi connectivity index (χ3v) is 4.78. The number of hydrogen-bond donors (Lipinski definition) is 3. The summed E-state index contributed by atoms with van der Waals surface area (Å²) >= 11 is 0. The summed E-state index contributed by atoms with van der Waals surface area (Å²) in [6.45, 7) is 1.29. The van der Waals surface area contributed by atoms with E-state index >= 15 is 0 Å².